The molecule has 0 radical (unpaired) electrons. The highest BCUT2D eigenvalue weighted by atomic mass is 16.5. The number of amides is 2. The number of para-hydroxylation sites is 1. The average molecular weight is 441 g/mol. The number of anilines is 1. The van der Waals surface area contributed by atoms with Crippen molar-refractivity contribution in [3.05, 3.63) is 96.2 Å². The van der Waals surface area contributed by atoms with E-state index in [1.807, 2.05) is 61.5 Å². The zero-order valence-electron chi connectivity index (χ0n) is 18.4. The number of aromatic nitrogens is 2. The fraction of sp³-hybridized carbons (Fsp3) is 0.115. The van der Waals surface area contributed by atoms with E-state index in [0.717, 1.165) is 11.3 Å². The number of ether oxygens (including phenoxy) is 1. The van der Waals surface area contributed by atoms with Crippen molar-refractivity contribution in [3.63, 3.8) is 0 Å². The molecule has 7 heteroatoms. The molecule has 0 aliphatic carbocycles. The molecule has 2 N–H and O–H groups in total. The fourth-order valence-electron chi connectivity index (χ4n) is 3.44. The number of hydrogen-bond acceptors (Lipinski definition) is 4. The molecule has 166 valence electrons. The Kier molecular flexibility index (Phi) is 6.50. The van der Waals surface area contributed by atoms with E-state index in [1.165, 1.54) is 0 Å². The molecule has 0 spiro atoms. The van der Waals surface area contributed by atoms with Crippen LogP contribution in [0.25, 0.3) is 16.9 Å². The summed E-state index contributed by atoms with van der Waals surface area (Å²) in [6.45, 7) is 2.38. The third kappa shape index (κ3) is 4.93. The number of methoxy groups -OCH3 is 1. The van der Waals surface area contributed by atoms with Crippen LogP contribution < -0.4 is 15.4 Å². The van der Waals surface area contributed by atoms with Crippen LogP contribution in [0, 0.1) is 0 Å². The van der Waals surface area contributed by atoms with Gasteiger partial charge in [0.1, 0.15) is 11.4 Å². The third-order valence-corrected chi connectivity index (χ3v) is 5.04. The minimum Gasteiger partial charge on any atom is -0.497 e. The summed E-state index contributed by atoms with van der Waals surface area (Å²) in [4.78, 5) is 25.5. The van der Waals surface area contributed by atoms with E-state index in [-0.39, 0.29) is 11.8 Å². The smallest absolute Gasteiger partial charge is 0.259 e. The molecule has 3 aromatic carbocycles. The van der Waals surface area contributed by atoms with Crippen LogP contribution in [0.15, 0.2) is 85.1 Å². The molecule has 0 bridgehead atoms. The van der Waals surface area contributed by atoms with Crippen LogP contribution in [0.4, 0.5) is 5.69 Å². The fourth-order valence-corrected chi connectivity index (χ4v) is 3.44. The summed E-state index contributed by atoms with van der Waals surface area (Å²) in [5.74, 6) is 0.147. The van der Waals surface area contributed by atoms with Gasteiger partial charge in [-0.1, -0.05) is 36.4 Å². The van der Waals surface area contributed by atoms with Crippen molar-refractivity contribution in [1.82, 2.24) is 15.1 Å². The predicted octanol–water partition coefficient (Wildman–Crippen LogP) is 4.55. The normalized spacial score (nSPS) is 10.5. The van der Waals surface area contributed by atoms with Gasteiger partial charge in [-0.2, -0.15) is 5.10 Å². The second-order valence-electron chi connectivity index (χ2n) is 7.30. The van der Waals surface area contributed by atoms with Gasteiger partial charge in [0.2, 0.25) is 0 Å². The lowest BCUT2D eigenvalue weighted by atomic mass is 10.1. The largest absolute Gasteiger partial charge is 0.497 e. The van der Waals surface area contributed by atoms with Crippen LogP contribution in [-0.2, 0) is 0 Å². The van der Waals surface area contributed by atoms with Crippen molar-refractivity contribution in [2.24, 2.45) is 0 Å². The van der Waals surface area contributed by atoms with Gasteiger partial charge in [-0.3, -0.25) is 9.59 Å². The third-order valence-electron chi connectivity index (χ3n) is 5.04. The first kappa shape index (κ1) is 21.8. The number of hydrogen-bond donors (Lipinski definition) is 2. The molecule has 0 saturated heterocycles. The second kappa shape index (κ2) is 9.82. The van der Waals surface area contributed by atoms with Crippen molar-refractivity contribution >= 4 is 17.5 Å². The van der Waals surface area contributed by atoms with Crippen LogP contribution in [-0.4, -0.2) is 35.2 Å². The van der Waals surface area contributed by atoms with Crippen molar-refractivity contribution in [2.45, 2.75) is 6.92 Å². The maximum Gasteiger partial charge on any atom is 0.259 e. The summed E-state index contributed by atoms with van der Waals surface area (Å²) in [6, 6.07) is 23.8. The second-order valence-corrected chi connectivity index (χ2v) is 7.30. The Bertz CT molecular complexity index is 1280. The lowest BCUT2D eigenvalue weighted by Crippen LogP contribution is -2.22. The average Bonchev–Trinajstić information content (AvgIpc) is 3.31. The lowest BCUT2D eigenvalue weighted by molar-refractivity contribution is 0.0954. The van der Waals surface area contributed by atoms with Gasteiger partial charge in [-0.25, -0.2) is 4.68 Å². The summed E-state index contributed by atoms with van der Waals surface area (Å²) in [5.41, 5.74) is 3.50. The molecular weight excluding hydrogens is 416 g/mol. The number of benzene rings is 3. The van der Waals surface area contributed by atoms with Gasteiger partial charge in [-0.05, 0) is 49.4 Å². The first-order valence-electron chi connectivity index (χ1n) is 10.6. The number of nitrogens with zero attached hydrogens (tertiary/aromatic N) is 2. The molecule has 33 heavy (non-hydrogen) atoms. The molecule has 1 heterocycles. The van der Waals surface area contributed by atoms with E-state index in [1.54, 1.807) is 42.3 Å². The molecule has 0 fully saturated rings. The molecule has 0 unspecified atom stereocenters. The zero-order chi connectivity index (χ0) is 23.2. The number of nitrogens with one attached hydrogen (secondary N) is 2. The number of carbonyl (C=O) groups excluding carboxylic acids is 2. The summed E-state index contributed by atoms with van der Waals surface area (Å²) in [5, 5.41) is 10.4. The minimum absolute atomic E-state index is 0.192. The van der Waals surface area contributed by atoms with Gasteiger partial charge in [0.15, 0.2) is 0 Å². The molecule has 0 aliphatic rings. The molecule has 2 amide bonds. The van der Waals surface area contributed by atoms with Crippen molar-refractivity contribution < 1.29 is 14.3 Å². The van der Waals surface area contributed by atoms with E-state index < -0.39 is 0 Å². The van der Waals surface area contributed by atoms with Crippen LogP contribution in [0.5, 0.6) is 5.75 Å². The molecular formula is C26H24N4O3. The molecule has 7 nitrogen and oxygen atoms in total. The Morgan fingerprint density at radius 1 is 0.939 bits per heavy atom. The topological polar surface area (TPSA) is 85.3 Å². The molecule has 1 aromatic heterocycles. The van der Waals surface area contributed by atoms with Gasteiger partial charge in [0.05, 0.1) is 18.4 Å². The SMILES string of the molecule is CCNC(=O)c1cccc(NC(=O)c2cn(-c3ccccc3)nc2-c2cccc(OC)c2)c1. The highest BCUT2D eigenvalue weighted by molar-refractivity contribution is 6.08. The number of rotatable bonds is 7. The molecule has 0 saturated carbocycles. The van der Waals surface area contributed by atoms with Crippen molar-refractivity contribution in [2.75, 3.05) is 19.0 Å². The quantitative estimate of drug-likeness (QED) is 0.442. The molecule has 0 atom stereocenters. The van der Waals surface area contributed by atoms with E-state index in [0.29, 0.717) is 34.8 Å². The lowest BCUT2D eigenvalue weighted by Gasteiger charge is -2.08. The monoisotopic (exact) mass is 440 g/mol. The van der Waals surface area contributed by atoms with Gasteiger partial charge < -0.3 is 15.4 Å². The molecule has 4 rings (SSSR count). The standard InChI is InChI=1S/C26H24N4O3/c1-3-27-25(31)19-10-7-11-20(15-19)28-26(32)23-17-30(21-12-5-4-6-13-21)29-24(23)18-9-8-14-22(16-18)33-2/h4-17H,3H2,1-2H3,(H,27,31)(H,28,32). The Morgan fingerprint density at radius 2 is 1.73 bits per heavy atom. The summed E-state index contributed by atoms with van der Waals surface area (Å²) in [6.07, 6.45) is 1.70. The maximum atomic E-state index is 13.3. The molecule has 4 aromatic rings. The minimum atomic E-state index is -0.331. The van der Waals surface area contributed by atoms with Gasteiger partial charge in [-0.15, -0.1) is 0 Å². The molecule has 0 aliphatic heterocycles. The van der Waals surface area contributed by atoms with Gasteiger partial charge in [0.25, 0.3) is 11.8 Å². The Balaban J connectivity index is 1.71. The first-order valence-corrected chi connectivity index (χ1v) is 10.6. The Hall–Kier alpha value is -4.39. The van der Waals surface area contributed by atoms with Gasteiger partial charge >= 0.3 is 0 Å². The number of carbonyl (C=O) groups is 2. The summed E-state index contributed by atoms with van der Waals surface area (Å²) >= 11 is 0. The van der Waals surface area contributed by atoms with Crippen LogP contribution >= 0.6 is 0 Å². The van der Waals surface area contributed by atoms with Crippen LogP contribution in [0.3, 0.4) is 0 Å². The predicted molar refractivity (Wildman–Crippen MR) is 128 cm³/mol. The first-order chi connectivity index (χ1) is 16.1. The summed E-state index contributed by atoms with van der Waals surface area (Å²) in [7, 11) is 1.59. The van der Waals surface area contributed by atoms with Crippen LogP contribution in [0.1, 0.15) is 27.6 Å². The van der Waals surface area contributed by atoms with E-state index >= 15 is 0 Å². The van der Waals surface area contributed by atoms with E-state index in [2.05, 4.69) is 10.6 Å². The zero-order valence-corrected chi connectivity index (χ0v) is 18.4. The van der Waals surface area contributed by atoms with E-state index in [9.17, 15) is 9.59 Å². The van der Waals surface area contributed by atoms with Gasteiger partial charge in [0, 0.05) is 29.6 Å². The Morgan fingerprint density at radius 3 is 2.48 bits per heavy atom. The van der Waals surface area contributed by atoms with Crippen molar-refractivity contribution in [3.8, 4) is 22.7 Å². The maximum absolute atomic E-state index is 13.3. The van der Waals surface area contributed by atoms with Crippen molar-refractivity contribution in [1.29, 1.82) is 0 Å². The highest BCUT2D eigenvalue weighted by Crippen LogP contribution is 2.27. The van der Waals surface area contributed by atoms with Crippen LogP contribution in [0.2, 0.25) is 0 Å². The van der Waals surface area contributed by atoms with E-state index in [4.69, 9.17) is 9.84 Å². The summed E-state index contributed by atoms with van der Waals surface area (Å²) < 4.78 is 7.02. The highest BCUT2D eigenvalue weighted by Gasteiger charge is 2.20. The Labute approximate surface area is 192 Å².